The summed E-state index contributed by atoms with van der Waals surface area (Å²) in [6.07, 6.45) is 0. The van der Waals surface area contributed by atoms with Gasteiger partial charge < -0.3 is 5.11 Å². The second-order valence-corrected chi connectivity index (χ2v) is 5.69. The molecule has 2 aromatic carbocycles. The van der Waals surface area contributed by atoms with Crippen LogP contribution in [0.3, 0.4) is 0 Å². The van der Waals surface area contributed by atoms with Gasteiger partial charge in [-0.25, -0.2) is 14.5 Å². The number of carbonyl (C=O) groups is 1. The van der Waals surface area contributed by atoms with E-state index in [2.05, 4.69) is 10.1 Å². The summed E-state index contributed by atoms with van der Waals surface area (Å²) in [5, 5.41) is 13.9. The van der Waals surface area contributed by atoms with Crippen LogP contribution in [-0.4, -0.2) is 25.8 Å². The quantitative estimate of drug-likeness (QED) is 0.792. The summed E-state index contributed by atoms with van der Waals surface area (Å²) in [5.41, 5.74) is 3.45. The maximum absolute atomic E-state index is 11.3. The molecule has 1 heterocycles. The van der Waals surface area contributed by atoms with Crippen LogP contribution in [0.15, 0.2) is 42.5 Å². The highest BCUT2D eigenvalue weighted by Gasteiger charge is 2.18. The Morgan fingerprint density at radius 2 is 1.96 bits per heavy atom. The van der Waals surface area contributed by atoms with Crippen molar-refractivity contribution in [2.75, 3.05) is 0 Å². The summed E-state index contributed by atoms with van der Waals surface area (Å²) in [4.78, 5) is 15.4. The van der Waals surface area contributed by atoms with Crippen molar-refractivity contribution in [2.45, 2.75) is 13.8 Å². The Bertz CT molecular complexity index is 903. The molecule has 0 unspecified atom stereocenters. The molecule has 5 nitrogen and oxygen atoms in total. The Balaban J connectivity index is 2.22. The highest BCUT2D eigenvalue weighted by molar-refractivity contribution is 6.31. The zero-order valence-corrected chi connectivity index (χ0v) is 13.4. The van der Waals surface area contributed by atoms with Crippen molar-refractivity contribution in [3.8, 4) is 17.1 Å². The van der Waals surface area contributed by atoms with E-state index in [9.17, 15) is 9.90 Å². The van der Waals surface area contributed by atoms with Crippen molar-refractivity contribution in [2.24, 2.45) is 0 Å². The molecule has 3 rings (SSSR count). The zero-order chi connectivity index (χ0) is 16.6. The highest BCUT2D eigenvalue weighted by Crippen LogP contribution is 2.25. The van der Waals surface area contributed by atoms with Crippen molar-refractivity contribution in [3.63, 3.8) is 0 Å². The Labute approximate surface area is 138 Å². The minimum Gasteiger partial charge on any atom is -0.475 e. The Morgan fingerprint density at radius 3 is 2.61 bits per heavy atom. The molecule has 0 atom stereocenters. The predicted molar refractivity (Wildman–Crippen MR) is 88.2 cm³/mol. The van der Waals surface area contributed by atoms with Gasteiger partial charge in [-0.2, -0.15) is 0 Å². The van der Waals surface area contributed by atoms with E-state index in [1.165, 1.54) is 4.68 Å². The minimum absolute atomic E-state index is 0.252. The molecule has 3 aromatic rings. The maximum atomic E-state index is 11.3. The molecular weight excluding hydrogens is 314 g/mol. The lowest BCUT2D eigenvalue weighted by molar-refractivity contribution is 0.0683. The molecule has 0 aliphatic heterocycles. The third-order valence-corrected chi connectivity index (χ3v) is 3.88. The van der Waals surface area contributed by atoms with Gasteiger partial charge in [-0.3, -0.25) is 0 Å². The topological polar surface area (TPSA) is 68.0 Å². The molecule has 0 saturated heterocycles. The number of hydrogen-bond donors (Lipinski definition) is 1. The van der Waals surface area contributed by atoms with Crippen LogP contribution in [0.5, 0.6) is 0 Å². The Kier molecular flexibility index (Phi) is 3.88. The first-order valence-corrected chi connectivity index (χ1v) is 7.37. The first-order valence-electron chi connectivity index (χ1n) is 6.99. The molecule has 0 aliphatic carbocycles. The fourth-order valence-electron chi connectivity index (χ4n) is 2.27. The van der Waals surface area contributed by atoms with Crippen LogP contribution >= 0.6 is 11.6 Å². The van der Waals surface area contributed by atoms with E-state index in [4.69, 9.17) is 11.6 Å². The number of aromatic carboxylic acids is 1. The van der Waals surface area contributed by atoms with Gasteiger partial charge in [0.05, 0.1) is 5.69 Å². The SMILES string of the molecule is Cc1cccc(-c2nc(C(=O)O)nn2-c2ccc(C)c(Cl)c2)c1. The summed E-state index contributed by atoms with van der Waals surface area (Å²) in [5.74, 6) is -0.958. The van der Waals surface area contributed by atoms with Crippen LogP contribution in [0, 0.1) is 13.8 Å². The molecule has 23 heavy (non-hydrogen) atoms. The summed E-state index contributed by atoms with van der Waals surface area (Å²) < 4.78 is 1.50. The van der Waals surface area contributed by atoms with Gasteiger partial charge in [0, 0.05) is 10.6 Å². The number of rotatable bonds is 3. The number of carboxylic acid groups (broad SMARTS) is 1. The average Bonchev–Trinajstić information content (AvgIpc) is 2.95. The summed E-state index contributed by atoms with van der Waals surface area (Å²) in [7, 11) is 0. The fraction of sp³-hybridized carbons (Fsp3) is 0.118. The van der Waals surface area contributed by atoms with Gasteiger partial charge in [-0.15, -0.1) is 5.10 Å². The number of halogens is 1. The van der Waals surface area contributed by atoms with E-state index in [0.717, 1.165) is 16.7 Å². The van der Waals surface area contributed by atoms with E-state index in [1.807, 2.05) is 50.2 Å². The number of aryl methyl sites for hydroxylation is 2. The van der Waals surface area contributed by atoms with Crippen LogP contribution in [0.1, 0.15) is 21.7 Å². The Hall–Kier alpha value is -2.66. The molecule has 1 N–H and O–H groups in total. The summed E-state index contributed by atoms with van der Waals surface area (Å²) in [6, 6.07) is 13.1. The summed E-state index contributed by atoms with van der Waals surface area (Å²) in [6.45, 7) is 3.86. The number of aromatic nitrogens is 3. The maximum Gasteiger partial charge on any atom is 0.375 e. The van der Waals surface area contributed by atoms with E-state index in [1.54, 1.807) is 6.07 Å². The molecule has 0 spiro atoms. The fourth-order valence-corrected chi connectivity index (χ4v) is 2.44. The van der Waals surface area contributed by atoms with E-state index >= 15 is 0 Å². The second-order valence-electron chi connectivity index (χ2n) is 5.28. The van der Waals surface area contributed by atoms with Crippen LogP contribution in [-0.2, 0) is 0 Å². The van der Waals surface area contributed by atoms with Gasteiger partial charge in [-0.05, 0) is 37.6 Å². The standard InChI is InChI=1S/C17H14ClN3O2/c1-10-4-3-5-12(8-10)16-19-15(17(22)23)20-21(16)13-7-6-11(2)14(18)9-13/h3-9H,1-2H3,(H,22,23). The van der Waals surface area contributed by atoms with Crippen LogP contribution in [0.2, 0.25) is 5.02 Å². The third kappa shape index (κ3) is 2.96. The number of hydrogen-bond acceptors (Lipinski definition) is 3. The Morgan fingerprint density at radius 1 is 1.17 bits per heavy atom. The number of benzene rings is 2. The largest absolute Gasteiger partial charge is 0.475 e. The van der Waals surface area contributed by atoms with Gasteiger partial charge in [-0.1, -0.05) is 41.4 Å². The normalized spacial score (nSPS) is 10.7. The van der Waals surface area contributed by atoms with Crippen LogP contribution in [0.25, 0.3) is 17.1 Å². The minimum atomic E-state index is -1.17. The van der Waals surface area contributed by atoms with Gasteiger partial charge in [0.1, 0.15) is 0 Å². The van der Waals surface area contributed by atoms with Gasteiger partial charge >= 0.3 is 5.97 Å². The molecule has 0 amide bonds. The van der Waals surface area contributed by atoms with Gasteiger partial charge in [0.15, 0.2) is 5.82 Å². The van der Waals surface area contributed by atoms with Gasteiger partial charge in [0.25, 0.3) is 5.82 Å². The van der Waals surface area contributed by atoms with E-state index < -0.39 is 5.97 Å². The lowest BCUT2D eigenvalue weighted by Crippen LogP contribution is -2.02. The van der Waals surface area contributed by atoms with Crippen molar-refractivity contribution in [3.05, 3.63) is 64.4 Å². The van der Waals surface area contributed by atoms with Crippen molar-refractivity contribution in [1.82, 2.24) is 14.8 Å². The lowest BCUT2D eigenvalue weighted by atomic mass is 10.1. The van der Waals surface area contributed by atoms with Gasteiger partial charge in [0.2, 0.25) is 0 Å². The molecule has 1 aromatic heterocycles. The smallest absolute Gasteiger partial charge is 0.375 e. The second kappa shape index (κ2) is 5.85. The van der Waals surface area contributed by atoms with Crippen molar-refractivity contribution >= 4 is 17.6 Å². The molecule has 0 bridgehead atoms. The number of nitrogens with zero attached hydrogens (tertiary/aromatic N) is 3. The molecule has 0 aliphatic rings. The molecule has 0 fully saturated rings. The predicted octanol–water partition coefficient (Wildman–Crippen LogP) is 3.90. The molecule has 0 radical (unpaired) electrons. The molecule has 116 valence electrons. The highest BCUT2D eigenvalue weighted by atomic mass is 35.5. The first-order chi connectivity index (χ1) is 11.0. The van der Waals surface area contributed by atoms with Crippen LogP contribution < -0.4 is 0 Å². The first kappa shape index (κ1) is 15.2. The van der Waals surface area contributed by atoms with Crippen LogP contribution in [0.4, 0.5) is 0 Å². The zero-order valence-electron chi connectivity index (χ0n) is 12.6. The van der Waals surface area contributed by atoms with Crippen molar-refractivity contribution < 1.29 is 9.90 Å². The molecular formula is C17H14ClN3O2. The van der Waals surface area contributed by atoms with E-state index in [0.29, 0.717) is 16.5 Å². The average molecular weight is 328 g/mol. The molecule has 0 saturated carbocycles. The monoisotopic (exact) mass is 327 g/mol. The molecule has 6 heteroatoms. The lowest BCUT2D eigenvalue weighted by Gasteiger charge is -2.08. The summed E-state index contributed by atoms with van der Waals surface area (Å²) >= 11 is 6.18. The van der Waals surface area contributed by atoms with Crippen molar-refractivity contribution in [1.29, 1.82) is 0 Å². The number of carboxylic acids is 1. The third-order valence-electron chi connectivity index (χ3n) is 3.47. The van der Waals surface area contributed by atoms with E-state index in [-0.39, 0.29) is 5.82 Å².